The molecular formula is C22H27N3O2. The Hall–Kier alpha value is -2.56. The van der Waals surface area contributed by atoms with E-state index >= 15 is 0 Å². The van der Waals surface area contributed by atoms with E-state index in [0.717, 1.165) is 49.4 Å². The molecule has 2 saturated heterocycles. The van der Waals surface area contributed by atoms with Crippen LogP contribution in [0.3, 0.4) is 0 Å². The minimum Gasteiger partial charge on any atom is -0.445 e. The molecule has 27 heavy (non-hydrogen) atoms. The van der Waals surface area contributed by atoms with Gasteiger partial charge in [0.2, 0.25) is 0 Å². The van der Waals surface area contributed by atoms with Crippen LogP contribution in [0.2, 0.25) is 0 Å². The van der Waals surface area contributed by atoms with E-state index in [1.165, 1.54) is 19.3 Å². The van der Waals surface area contributed by atoms with Gasteiger partial charge in [-0.15, -0.1) is 0 Å². The van der Waals surface area contributed by atoms with Crippen LogP contribution < -0.4 is 4.90 Å². The Labute approximate surface area is 161 Å². The molecule has 2 aliphatic heterocycles. The molecule has 0 aliphatic carbocycles. The lowest BCUT2D eigenvalue weighted by atomic mass is 10.1. The molecule has 0 N–H and O–H groups in total. The first kappa shape index (κ1) is 17.8. The summed E-state index contributed by atoms with van der Waals surface area (Å²) >= 11 is 0. The van der Waals surface area contributed by atoms with Gasteiger partial charge in [-0.05, 0) is 49.3 Å². The quantitative estimate of drug-likeness (QED) is 0.798. The van der Waals surface area contributed by atoms with Crippen molar-refractivity contribution in [1.82, 2.24) is 9.88 Å². The normalized spacial score (nSPS) is 19.9. The number of amides is 1. The summed E-state index contributed by atoms with van der Waals surface area (Å²) in [5.74, 6) is 1.05. The molecule has 3 heterocycles. The van der Waals surface area contributed by atoms with E-state index in [2.05, 4.69) is 22.0 Å². The first-order valence-electron chi connectivity index (χ1n) is 9.99. The van der Waals surface area contributed by atoms with Crippen LogP contribution in [0.4, 0.5) is 10.6 Å². The molecule has 5 heteroatoms. The number of hydrogen-bond donors (Lipinski definition) is 0. The third-order valence-electron chi connectivity index (χ3n) is 5.53. The molecule has 142 valence electrons. The lowest BCUT2D eigenvalue weighted by Gasteiger charge is -2.28. The Kier molecular flexibility index (Phi) is 5.56. The van der Waals surface area contributed by atoms with E-state index in [0.29, 0.717) is 6.61 Å². The van der Waals surface area contributed by atoms with E-state index in [1.54, 1.807) is 0 Å². The molecule has 4 rings (SSSR count). The second kappa shape index (κ2) is 8.42. The summed E-state index contributed by atoms with van der Waals surface area (Å²) in [6.07, 6.45) is 7.47. The second-order valence-electron chi connectivity index (χ2n) is 7.39. The Bertz CT molecular complexity index is 742. The molecular weight excluding hydrogens is 338 g/mol. The maximum atomic E-state index is 12.6. The summed E-state index contributed by atoms with van der Waals surface area (Å²) in [4.78, 5) is 21.5. The Morgan fingerprint density at radius 1 is 1.00 bits per heavy atom. The fourth-order valence-electron chi connectivity index (χ4n) is 4.04. The minimum absolute atomic E-state index is 0.0659. The number of benzene rings is 1. The molecule has 0 radical (unpaired) electrons. The van der Waals surface area contributed by atoms with Crippen LogP contribution in [-0.2, 0) is 11.3 Å². The van der Waals surface area contributed by atoms with E-state index < -0.39 is 0 Å². The van der Waals surface area contributed by atoms with Gasteiger partial charge in [0.15, 0.2) is 0 Å². The number of rotatable bonds is 4. The molecule has 1 amide bonds. The second-order valence-corrected chi connectivity index (χ2v) is 7.39. The van der Waals surface area contributed by atoms with Crippen molar-refractivity contribution in [3.05, 3.63) is 59.8 Å². The summed E-state index contributed by atoms with van der Waals surface area (Å²) < 4.78 is 5.54. The number of aromatic nitrogens is 1. The number of anilines is 1. The van der Waals surface area contributed by atoms with Crippen molar-refractivity contribution in [2.75, 3.05) is 24.5 Å². The van der Waals surface area contributed by atoms with Crippen LogP contribution in [0.1, 0.15) is 49.3 Å². The van der Waals surface area contributed by atoms with Gasteiger partial charge in [0.1, 0.15) is 12.4 Å². The maximum Gasteiger partial charge on any atom is 0.410 e. The van der Waals surface area contributed by atoms with Crippen LogP contribution in [0.15, 0.2) is 48.7 Å². The minimum atomic E-state index is -0.235. The van der Waals surface area contributed by atoms with Crippen molar-refractivity contribution in [3.63, 3.8) is 0 Å². The van der Waals surface area contributed by atoms with Crippen molar-refractivity contribution >= 4 is 11.9 Å². The molecule has 0 unspecified atom stereocenters. The third kappa shape index (κ3) is 4.24. The summed E-state index contributed by atoms with van der Waals surface area (Å²) in [7, 11) is 0. The maximum absolute atomic E-state index is 12.6. The molecule has 0 spiro atoms. The number of pyridine rings is 1. The van der Waals surface area contributed by atoms with Gasteiger partial charge >= 0.3 is 6.09 Å². The predicted molar refractivity (Wildman–Crippen MR) is 106 cm³/mol. The number of carbonyl (C=O) groups is 1. The summed E-state index contributed by atoms with van der Waals surface area (Å²) in [5, 5.41) is 0. The van der Waals surface area contributed by atoms with Gasteiger partial charge in [-0.3, -0.25) is 0 Å². The lowest BCUT2D eigenvalue weighted by molar-refractivity contribution is 0.0920. The van der Waals surface area contributed by atoms with E-state index in [1.807, 2.05) is 41.4 Å². The molecule has 2 aromatic rings. The van der Waals surface area contributed by atoms with Gasteiger partial charge in [0.05, 0.1) is 6.04 Å². The molecule has 2 fully saturated rings. The van der Waals surface area contributed by atoms with Crippen molar-refractivity contribution in [1.29, 1.82) is 0 Å². The van der Waals surface area contributed by atoms with Crippen LogP contribution in [0.5, 0.6) is 0 Å². The van der Waals surface area contributed by atoms with Gasteiger partial charge < -0.3 is 14.5 Å². The van der Waals surface area contributed by atoms with Crippen LogP contribution in [0, 0.1) is 0 Å². The molecule has 0 bridgehead atoms. The van der Waals surface area contributed by atoms with Gasteiger partial charge in [-0.25, -0.2) is 9.78 Å². The Morgan fingerprint density at radius 3 is 2.56 bits per heavy atom. The van der Waals surface area contributed by atoms with Crippen molar-refractivity contribution in [2.24, 2.45) is 0 Å². The average Bonchev–Trinajstić information content (AvgIpc) is 3.24. The van der Waals surface area contributed by atoms with Crippen LogP contribution in [-0.4, -0.2) is 35.6 Å². The standard InChI is InChI=1S/C22H27N3O2/c26-22(27-17-18-8-3-1-4-9-18)25-15-7-10-20(25)19-11-12-21(23-16-19)24-13-5-2-6-14-24/h1,3-4,8-9,11-12,16,20H,2,5-7,10,13-15,17H2/t20-/m0/s1. The fourth-order valence-corrected chi connectivity index (χ4v) is 4.04. The van der Waals surface area contributed by atoms with Gasteiger partial charge in [-0.2, -0.15) is 0 Å². The predicted octanol–water partition coefficient (Wildman–Crippen LogP) is 4.55. The largest absolute Gasteiger partial charge is 0.445 e. The summed E-state index contributed by atoms with van der Waals surface area (Å²) in [6, 6.07) is 14.1. The Morgan fingerprint density at radius 2 is 1.81 bits per heavy atom. The third-order valence-corrected chi connectivity index (χ3v) is 5.53. The monoisotopic (exact) mass is 365 g/mol. The lowest BCUT2D eigenvalue weighted by Crippen LogP contribution is -2.32. The number of likely N-dealkylation sites (tertiary alicyclic amines) is 1. The fraction of sp³-hybridized carbons (Fsp3) is 0.455. The number of hydrogen-bond acceptors (Lipinski definition) is 4. The summed E-state index contributed by atoms with van der Waals surface area (Å²) in [6.45, 7) is 3.24. The van der Waals surface area contributed by atoms with Crippen molar-refractivity contribution in [2.45, 2.75) is 44.8 Å². The average molecular weight is 365 g/mol. The van der Waals surface area contributed by atoms with Crippen molar-refractivity contribution < 1.29 is 9.53 Å². The van der Waals surface area contributed by atoms with E-state index in [9.17, 15) is 4.79 Å². The van der Waals surface area contributed by atoms with Gasteiger partial charge in [-0.1, -0.05) is 36.4 Å². The number of nitrogens with zero attached hydrogens (tertiary/aromatic N) is 3. The van der Waals surface area contributed by atoms with E-state index in [4.69, 9.17) is 4.74 Å². The highest BCUT2D eigenvalue weighted by molar-refractivity contribution is 5.68. The zero-order valence-corrected chi connectivity index (χ0v) is 15.7. The zero-order valence-electron chi connectivity index (χ0n) is 15.7. The molecule has 1 aromatic carbocycles. The Balaban J connectivity index is 1.39. The molecule has 5 nitrogen and oxygen atoms in total. The van der Waals surface area contributed by atoms with Crippen LogP contribution in [0.25, 0.3) is 0 Å². The zero-order chi connectivity index (χ0) is 18.5. The number of carbonyl (C=O) groups excluding carboxylic acids is 1. The highest BCUT2D eigenvalue weighted by Crippen LogP contribution is 2.33. The van der Waals surface area contributed by atoms with Crippen LogP contribution >= 0.6 is 0 Å². The van der Waals surface area contributed by atoms with Gasteiger partial charge in [0, 0.05) is 25.8 Å². The highest BCUT2D eigenvalue weighted by Gasteiger charge is 2.31. The smallest absolute Gasteiger partial charge is 0.410 e. The molecule has 1 atom stereocenters. The number of piperidine rings is 1. The topological polar surface area (TPSA) is 45.7 Å². The molecule has 2 aliphatic rings. The van der Waals surface area contributed by atoms with E-state index in [-0.39, 0.29) is 12.1 Å². The SMILES string of the molecule is O=C(OCc1ccccc1)N1CCC[C@H]1c1ccc(N2CCCCC2)nc1. The first-order chi connectivity index (χ1) is 13.3. The van der Waals surface area contributed by atoms with Crippen molar-refractivity contribution in [3.8, 4) is 0 Å². The molecule has 1 aromatic heterocycles. The highest BCUT2D eigenvalue weighted by atomic mass is 16.6. The van der Waals surface area contributed by atoms with Gasteiger partial charge in [0.25, 0.3) is 0 Å². The summed E-state index contributed by atoms with van der Waals surface area (Å²) in [5.41, 5.74) is 2.11. The number of ether oxygens (including phenoxy) is 1. The molecule has 0 saturated carbocycles. The first-order valence-corrected chi connectivity index (χ1v) is 9.99.